The second-order valence-corrected chi connectivity index (χ2v) is 2.80. The van der Waals surface area contributed by atoms with Gasteiger partial charge in [-0.3, -0.25) is 0 Å². The number of carboxylic acid groups (broad SMARTS) is 1. The lowest BCUT2D eigenvalue weighted by Gasteiger charge is -2.17. The molecule has 0 unspecified atom stereocenters. The van der Waals surface area contributed by atoms with E-state index in [1.165, 1.54) is 4.90 Å². The van der Waals surface area contributed by atoms with Crippen molar-refractivity contribution in [2.45, 2.75) is 18.9 Å². The molecule has 4 nitrogen and oxygen atoms in total. The standard InChI is InChI=1S/C8H13NO3/c10-6-2-4-7-3-1-5-9(7)8(11)12/h2,4,7,10H,1,3,5-6H2,(H,11,12)/b4-2+/t7-/m1/s1. The van der Waals surface area contributed by atoms with Crippen molar-refractivity contribution >= 4 is 6.09 Å². The fourth-order valence-electron chi connectivity index (χ4n) is 1.45. The molecule has 1 saturated heterocycles. The summed E-state index contributed by atoms with van der Waals surface area (Å²) in [6.07, 6.45) is 4.24. The van der Waals surface area contributed by atoms with Crippen molar-refractivity contribution in [1.82, 2.24) is 4.90 Å². The highest BCUT2D eigenvalue weighted by atomic mass is 16.4. The Morgan fingerprint density at radius 1 is 1.67 bits per heavy atom. The second-order valence-electron chi connectivity index (χ2n) is 2.80. The molecule has 1 aliphatic rings. The third-order valence-corrected chi connectivity index (χ3v) is 2.01. The van der Waals surface area contributed by atoms with Crippen LogP contribution in [0.3, 0.4) is 0 Å². The quantitative estimate of drug-likeness (QED) is 0.600. The summed E-state index contributed by atoms with van der Waals surface area (Å²) in [6.45, 7) is 0.583. The van der Waals surface area contributed by atoms with Crippen LogP contribution in [-0.2, 0) is 0 Å². The Morgan fingerprint density at radius 2 is 2.42 bits per heavy atom. The molecule has 68 valence electrons. The number of aliphatic hydroxyl groups is 1. The van der Waals surface area contributed by atoms with E-state index in [0.717, 1.165) is 12.8 Å². The Balaban J connectivity index is 2.52. The second kappa shape index (κ2) is 4.11. The number of amides is 1. The lowest BCUT2D eigenvalue weighted by atomic mass is 10.2. The van der Waals surface area contributed by atoms with Crippen LogP contribution < -0.4 is 0 Å². The normalized spacial score (nSPS) is 23.8. The average Bonchev–Trinajstić information content (AvgIpc) is 2.48. The van der Waals surface area contributed by atoms with Crippen LogP contribution in [0.4, 0.5) is 4.79 Å². The fraction of sp³-hybridized carbons (Fsp3) is 0.625. The topological polar surface area (TPSA) is 60.8 Å². The Hall–Kier alpha value is -1.03. The summed E-state index contributed by atoms with van der Waals surface area (Å²) in [4.78, 5) is 12.0. The molecule has 0 saturated carbocycles. The zero-order valence-electron chi connectivity index (χ0n) is 6.81. The van der Waals surface area contributed by atoms with Gasteiger partial charge in [-0.25, -0.2) is 4.79 Å². The molecule has 0 aliphatic carbocycles. The van der Waals surface area contributed by atoms with Crippen LogP contribution in [0.15, 0.2) is 12.2 Å². The predicted octanol–water partition coefficient (Wildman–Crippen LogP) is 0.677. The van der Waals surface area contributed by atoms with E-state index in [-0.39, 0.29) is 12.6 Å². The summed E-state index contributed by atoms with van der Waals surface area (Å²) in [6, 6.07) is -0.0327. The summed E-state index contributed by atoms with van der Waals surface area (Å²) in [5.41, 5.74) is 0. The van der Waals surface area contributed by atoms with E-state index in [1.807, 2.05) is 0 Å². The molecule has 12 heavy (non-hydrogen) atoms. The van der Waals surface area contributed by atoms with Gasteiger partial charge in [-0.1, -0.05) is 12.2 Å². The van der Waals surface area contributed by atoms with Gasteiger partial charge in [0.1, 0.15) is 0 Å². The van der Waals surface area contributed by atoms with Crippen molar-refractivity contribution in [2.75, 3.05) is 13.2 Å². The minimum atomic E-state index is -0.875. The SMILES string of the molecule is O=C(O)N1CCC[C@@H]1/C=C/CO. The largest absolute Gasteiger partial charge is 0.465 e. The molecule has 0 radical (unpaired) electrons. The van der Waals surface area contributed by atoms with E-state index < -0.39 is 6.09 Å². The summed E-state index contributed by atoms with van der Waals surface area (Å²) >= 11 is 0. The van der Waals surface area contributed by atoms with Gasteiger partial charge >= 0.3 is 6.09 Å². The summed E-state index contributed by atoms with van der Waals surface area (Å²) in [7, 11) is 0. The maximum Gasteiger partial charge on any atom is 0.407 e. The molecule has 1 rings (SSSR count). The highest BCUT2D eigenvalue weighted by Gasteiger charge is 2.25. The Kier molecular flexibility index (Phi) is 3.10. The van der Waals surface area contributed by atoms with Crippen LogP contribution in [0.2, 0.25) is 0 Å². The van der Waals surface area contributed by atoms with Gasteiger partial charge in [0.05, 0.1) is 12.6 Å². The highest BCUT2D eigenvalue weighted by molar-refractivity contribution is 5.66. The molecule has 1 fully saturated rings. The summed E-state index contributed by atoms with van der Waals surface area (Å²) in [5.74, 6) is 0. The van der Waals surface area contributed by atoms with E-state index in [4.69, 9.17) is 10.2 Å². The molecule has 1 amide bonds. The molecule has 0 aromatic heterocycles. The zero-order valence-corrected chi connectivity index (χ0v) is 6.81. The molecule has 1 heterocycles. The number of rotatable bonds is 2. The van der Waals surface area contributed by atoms with Crippen molar-refractivity contribution in [2.24, 2.45) is 0 Å². The molecule has 2 N–H and O–H groups in total. The van der Waals surface area contributed by atoms with Gasteiger partial charge in [-0.15, -0.1) is 0 Å². The lowest BCUT2D eigenvalue weighted by Crippen LogP contribution is -2.32. The summed E-state index contributed by atoms with van der Waals surface area (Å²) < 4.78 is 0. The number of hydrogen-bond donors (Lipinski definition) is 2. The molecule has 1 atom stereocenters. The van der Waals surface area contributed by atoms with Crippen LogP contribution in [0.5, 0.6) is 0 Å². The molecule has 0 aromatic rings. The van der Waals surface area contributed by atoms with E-state index in [9.17, 15) is 4.79 Å². The van der Waals surface area contributed by atoms with Crippen molar-refractivity contribution in [3.63, 3.8) is 0 Å². The first-order valence-electron chi connectivity index (χ1n) is 4.03. The van der Waals surface area contributed by atoms with Crippen molar-refractivity contribution in [1.29, 1.82) is 0 Å². The van der Waals surface area contributed by atoms with Gasteiger partial charge in [-0.05, 0) is 12.8 Å². The molecule has 0 aromatic carbocycles. The van der Waals surface area contributed by atoms with Gasteiger partial charge in [0, 0.05) is 6.54 Å². The summed E-state index contributed by atoms with van der Waals surface area (Å²) in [5, 5.41) is 17.2. The van der Waals surface area contributed by atoms with Crippen LogP contribution in [0, 0.1) is 0 Å². The first kappa shape index (κ1) is 9.06. The van der Waals surface area contributed by atoms with Crippen LogP contribution in [-0.4, -0.2) is 40.4 Å². The first-order chi connectivity index (χ1) is 5.75. The molecule has 0 bridgehead atoms. The molecule has 1 aliphatic heterocycles. The Bertz CT molecular complexity index is 191. The molecule has 0 spiro atoms. The third kappa shape index (κ3) is 1.98. The van der Waals surface area contributed by atoms with Crippen LogP contribution >= 0.6 is 0 Å². The van der Waals surface area contributed by atoms with Gasteiger partial charge < -0.3 is 15.1 Å². The van der Waals surface area contributed by atoms with E-state index in [2.05, 4.69) is 0 Å². The number of hydrogen-bond acceptors (Lipinski definition) is 2. The molecular formula is C8H13NO3. The maximum atomic E-state index is 10.6. The average molecular weight is 171 g/mol. The van der Waals surface area contributed by atoms with E-state index in [0.29, 0.717) is 6.54 Å². The smallest absolute Gasteiger partial charge is 0.407 e. The van der Waals surface area contributed by atoms with Crippen molar-refractivity contribution in [3.05, 3.63) is 12.2 Å². The number of aliphatic hydroxyl groups excluding tert-OH is 1. The van der Waals surface area contributed by atoms with Gasteiger partial charge in [0.25, 0.3) is 0 Å². The lowest BCUT2D eigenvalue weighted by molar-refractivity contribution is 0.147. The van der Waals surface area contributed by atoms with Crippen LogP contribution in [0.25, 0.3) is 0 Å². The third-order valence-electron chi connectivity index (χ3n) is 2.01. The monoisotopic (exact) mass is 171 g/mol. The molecule has 4 heteroatoms. The van der Waals surface area contributed by atoms with E-state index in [1.54, 1.807) is 12.2 Å². The van der Waals surface area contributed by atoms with Crippen molar-refractivity contribution < 1.29 is 15.0 Å². The zero-order chi connectivity index (χ0) is 8.97. The number of likely N-dealkylation sites (tertiary alicyclic amines) is 1. The Labute approximate surface area is 71.1 Å². The van der Waals surface area contributed by atoms with Crippen molar-refractivity contribution in [3.8, 4) is 0 Å². The predicted molar refractivity (Wildman–Crippen MR) is 44.0 cm³/mol. The van der Waals surface area contributed by atoms with Gasteiger partial charge in [0.15, 0.2) is 0 Å². The van der Waals surface area contributed by atoms with E-state index >= 15 is 0 Å². The van der Waals surface area contributed by atoms with Crippen LogP contribution in [0.1, 0.15) is 12.8 Å². The minimum Gasteiger partial charge on any atom is -0.465 e. The highest BCUT2D eigenvalue weighted by Crippen LogP contribution is 2.17. The molecular weight excluding hydrogens is 158 g/mol. The fourth-order valence-corrected chi connectivity index (χ4v) is 1.45. The van der Waals surface area contributed by atoms with Gasteiger partial charge in [-0.2, -0.15) is 0 Å². The van der Waals surface area contributed by atoms with Gasteiger partial charge in [0.2, 0.25) is 0 Å². The Morgan fingerprint density at radius 3 is 3.00 bits per heavy atom. The first-order valence-corrected chi connectivity index (χ1v) is 4.03. The maximum absolute atomic E-state index is 10.6. The minimum absolute atomic E-state index is 0.0239. The number of carbonyl (C=O) groups is 1. The number of nitrogens with zero attached hydrogens (tertiary/aromatic N) is 1.